The normalized spacial score (nSPS) is 20.6. The van der Waals surface area contributed by atoms with Crippen LogP contribution in [0.25, 0.3) is 0 Å². The molecule has 7 heteroatoms. The van der Waals surface area contributed by atoms with Crippen LogP contribution in [0.3, 0.4) is 0 Å². The zero-order valence-corrected chi connectivity index (χ0v) is 17.7. The summed E-state index contributed by atoms with van der Waals surface area (Å²) in [6.45, 7) is 0.674. The summed E-state index contributed by atoms with van der Waals surface area (Å²) in [5.41, 5.74) is 2.06. The lowest BCUT2D eigenvalue weighted by Gasteiger charge is -2.32. The maximum absolute atomic E-state index is 13.4. The number of fused-ring (bicyclic) bond motifs is 1. The number of ether oxygens (including phenoxy) is 4. The van der Waals surface area contributed by atoms with E-state index >= 15 is 0 Å². The predicted octanol–water partition coefficient (Wildman–Crippen LogP) is 3.68. The molecule has 2 aromatic rings. The van der Waals surface area contributed by atoms with Gasteiger partial charge in [-0.2, -0.15) is 0 Å². The third-order valence-electron chi connectivity index (χ3n) is 5.37. The molecule has 29 heavy (non-hydrogen) atoms. The van der Waals surface area contributed by atoms with Crippen molar-refractivity contribution in [3.05, 3.63) is 47.5 Å². The van der Waals surface area contributed by atoms with Crippen molar-refractivity contribution in [1.82, 2.24) is 4.90 Å². The second-order valence-electron chi connectivity index (χ2n) is 6.96. The highest BCUT2D eigenvalue weighted by atomic mass is 32.2. The smallest absolute Gasteiger partial charge is 0.264 e. The van der Waals surface area contributed by atoms with Gasteiger partial charge in [-0.1, -0.05) is 18.2 Å². The molecular weight excluding hydrogens is 390 g/mol. The largest absolute Gasteiger partial charge is 0.496 e. The molecule has 2 aliphatic rings. The van der Waals surface area contributed by atoms with Gasteiger partial charge in [0.15, 0.2) is 17.6 Å². The van der Waals surface area contributed by atoms with Crippen LogP contribution in [0.15, 0.2) is 36.4 Å². The number of carbonyl (C=O) groups excluding carboxylic acids is 1. The minimum atomic E-state index is -0.461. The molecule has 2 atom stereocenters. The third kappa shape index (κ3) is 3.71. The lowest BCUT2D eigenvalue weighted by Crippen LogP contribution is -2.43. The van der Waals surface area contributed by atoms with E-state index in [1.54, 1.807) is 33.1 Å². The summed E-state index contributed by atoms with van der Waals surface area (Å²) in [5.74, 6) is 3.58. The Kier molecular flexibility index (Phi) is 5.76. The summed E-state index contributed by atoms with van der Waals surface area (Å²) in [7, 11) is 4.82. The van der Waals surface area contributed by atoms with Gasteiger partial charge < -0.3 is 23.8 Å². The summed E-state index contributed by atoms with van der Waals surface area (Å²) >= 11 is 1.72. The number of hydrogen-bond acceptors (Lipinski definition) is 6. The molecule has 0 N–H and O–H groups in total. The van der Waals surface area contributed by atoms with Crippen molar-refractivity contribution < 1.29 is 23.7 Å². The fourth-order valence-electron chi connectivity index (χ4n) is 3.88. The molecule has 2 unspecified atom stereocenters. The predicted molar refractivity (Wildman–Crippen MR) is 112 cm³/mol. The Bertz CT molecular complexity index is 903. The highest BCUT2D eigenvalue weighted by molar-refractivity contribution is 7.99. The minimum absolute atomic E-state index is 0.0198. The number of amides is 1. The monoisotopic (exact) mass is 415 g/mol. The molecule has 0 spiro atoms. The van der Waals surface area contributed by atoms with Gasteiger partial charge in [-0.25, -0.2) is 0 Å². The summed E-state index contributed by atoms with van der Waals surface area (Å²) in [4.78, 5) is 15.3. The number of carbonyl (C=O) groups is 1. The number of nitrogens with zero attached hydrogens (tertiary/aromatic N) is 1. The third-order valence-corrected chi connectivity index (χ3v) is 6.61. The van der Waals surface area contributed by atoms with Gasteiger partial charge in [0.1, 0.15) is 16.9 Å². The summed E-state index contributed by atoms with van der Waals surface area (Å²) < 4.78 is 22.5. The molecule has 4 rings (SSSR count). The molecule has 0 radical (unpaired) electrons. The average molecular weight is 416 g/mol. The Balaban J connectivity index is 1.60. The first-order chi connectivity index (χ1) is 14.2. The molecular formula is C22H25NO5S. The Labute approximate surface area is 175 Å². The summed E-state index contributed by atoms with van der Waals surface area (Å²) in [5, 5.41) is -0.155. The van der Waals surface area contributed by atoms with Crippen LogP contribution in [0.5, 0.6) is 23.0 Å². The summed E-state index contributed by atoms with van der Waals surface area (Å²) in [6, 6.07) is 11.6. The van der Waals surface area contributed by atoms with Gasteiger partial charge in [-0.3, -0.25) is 4.79 Å². The summed E-state index contributed by atoms with van der Waals surface area (Å²) in [6.07, 6.45) is 1.07. The Morgan fingerprint density at radius 1 is 1.07 bits per heavy atom. The van der Waals surface area contributed by atoms with Crippen LogP contribution < -0.4 is 18.9 Å². The fourth-order valence-corrected chi connectivity index (χ4v) is 5.16. The average Bonchev–Trinajstić information content (AvgIpc) is 3.26. The molecule has 2 aliphatic heterocycles. The van der Waals surface area contributed by atoms with Crippen molar-refractivity contribution in [2.24, 2.45) is 0 Å². The molecule has 6 nitrogen and oxygen atoms in total. The molecule has 1 amide bonds. The van der Waals surface area contributed by atoms with Crippen molar-refractivity contribution in [2.75, 3.05) is 33.6 Å². The quantitative estimate of drug-likeness (QED) is 0.743. The SMILES string of the molecule is COc1cc(OC)c(C2SCCN2C(=O)C2CCc3ccccc3O2)cc1OC. The minimum Gasteiger partial charge on any atom is -0.496 e. The zero-order valence-electron chi connectivity index (χ0n) is 16.8. The van der Waals surface area contributed by atoms with E-state index in [1.165, 1.54) is 0 Å². The van der Waals surface area contributed by atoms with Gasteiger partial charge in [0.2, 0.25) is 0 Å². The van der Waals surface area contributed by atoms with E-state index in [0.717, 1.165) is 29.1 Å². The van der Waals surface area contributed by atoms with E-state index in [2.05, 4.69) is 6.07 Å². The molecule has 1 fully saturated rings. The van der Waals surface area contributed by atoms with Crippen molar-refractivity contribution in [2.45, 2.75) is 24.3 Å². The number of hydrogen-bond donors (Lipinski definition) is 0. The van der Waals surface area contributed by atoms with E-state index in [1.807, 2.05) is 35.2 Å². The molecule has 2 heterocycles. The van der Waals surface area contributed by atoms with E-state index in [0.29, 0.717) is 30.2 Å². The molecule has 154 valence electrons. The molecule has 0 aromatic heterocycles. The zero-order chi connectivity index (χ0) is 20.4. The number of thioether (sulfide) groups is 1. The van der Waals surface area contributed by atoms with Crippen LogP contribution in [-0.4, -0.2) is 50.5 Å². The number of benzene rings is 2. The Morgan fingerprint density at radius 2 is 1.79 bits per heavy atom. The van der Waals surface area contributed by atoms with Gasteiger partial charge in [0.25, 0.3) is 5.91 Å². The first-order valence-electron chi connectivity index (χ1n) is 9.62. The second-order valence-corrected chi connectivity index (χ2v) is 8.14. The van der Waals surface area contributed by atoms with E-state index in [9.17, 15) is 4.79 Å². The van der Waals surface area contributed by atoms with E-state index in [4.69, 9.17) is 18.9 Å². The van der Waals surface area contributed by atoms with Crippen LogP contribution in [0.2, 0.25) is 0 Å². The van der Waals surface area contributed by atoms with Crippen LogP contribution in [0.1, 0.15) is 22.9 Å². The number of para-hydroxylation sites is 1. The fraction of sp³-hybridized carbons (Fsp3) is 0.409. The van der Waals surface area contributed by atoms with Gasteiger partial charge in [-0.05, 0) is 30.5 Å². The van der Waals surface area contributed by atoms with Crippen molar-refractivity contribution >= 4 is 17.7 Å². The first kappa shape index (κ1) is 19.8. The number of aryl methyl sites for hydroxylation is 1. The topological polar surface area (TPSA) is 57.2 Å². The standard InChI is InChI=1S/C22H25NO5S/c1-25-18-13-20(27-3)19(26-2)12-15(18)22-23(10-11-29-22)21(24)17-9-8-14-6-4-5-7-16(14)28-17/h4-7,12-13,17,22H,8-11H2,1-3H3. The highest BCUT2D eigenvalue weighted by Crippen LogP contribution is 2.46. The van der Waals surface area contributed by atoms with Gasteiger partial charge in [0.05, 0.1) is 21.3 Å². The molecule has 0 saturated carbocycles. The molecule has 2 aromatic carbocycles. The van der Waals surface area contributed by atoms with Crippen LogP contribution >= 0.6 is 11.8 Å². The van der Waals surface area contributed by atoms with E-state index in [-0.39, 0.29) is 11.3 Å². The lowest BCUT2D eigenvalue weighted by atomic mass is 10.0. The van der Waals surface area contributed by atoms with Crippen LogP contribution in [0.4, 0.5) is 0 Å². The maximum atomic E-state index is 13.4. The van der Waals surface area contributed by atoms with E-state index < -0.39 is 6.10 Å². The second kappa shape index (κ2) is 8.45. The highest BCUT2D eigenvalue weighted by Gasteiger charge is 2.38. The maximum Gasteiger partial charge on any atom is 0.264 e. The van der Waals surface area contributed by atoms with Gasteiger partial charge in [-0.15, -0.1) is 11.8 Å². The van der Waals surface area contributed by atoms with Gasteiger partial charge >= 0.3 is 0 Å². The van der Waals surface area contributed by atoms with Crippen molar-refractivity contribution in [3.63, 3.8) is 0 Å². The Hall–Kier alpha value is -2.54. The van der Waals surface area contributed by atoms with Crippen LogP contribution in [0, 0.1) is 0 Å². The number of rotatable bonds is 5. The molecule has 0 bridgehead atoms. The van der Waals surface area contributed by atoms with Crippen molar-refractivity contribution in [1.29, 1.82) is 0 Å². The van der Waals surface area contributed by atoms with Gasteiger partial charge in [0, 0.05) is 23.9 Å². The van der Waals surface area contributed by atoms with Crippen LogP contribution in [-0.2, 0) is 11.2 Å². The molecule has 0 aliphatic carbocycles. The molecule has 1 saturated heterocycles. The van der Waals surface area contributed by atoms with Crippen molar-refractivity contribution in [3.8, 4) is 23.0 Å². The first-order valence-corrected chi connectivity index (χ1v) is 10.7. The Morgan fingerprint density at radius 3 is 2.55 bits per heavy atom. The number of methoxy groups -OCH3 is 3. The lowest BCUT2D eigenvalue weighted by molar-refractivity contribution is -0.139.